The van der Waals surface area contributed by atoms with Gasteiger partial charge in [0.2, 0.25) is 0 Å². The maximum absolute atomic E-state index is 13.7. The predicted molar refractivity (Wildman–Crippen MR) is 67.0 cm³/mol. The Morgan fingerprint density at radius 3 is 2.65 bits per heavy atom. The van der Waals surface area contributed by atoms with Gasteiger partial charge in [-0.05, 0) is 32.9 Å². The van der Waals surface area contributed by atoms with Crippen molar-refractivity contribution < 1.29 is 4.39 Å². The van der Waals surface area contributed by atoms with Gasteiger partial charge in [-0.3, -0.25) is 0 Å². The Labute approximate surface area is 100 Å². The molecule has 0 bridgehead atoms. The van der Waals surface area contributed by atoms with E-state index < -0.39 is 0 Å². The van der Waals surface area contributed by atoms with E-state index in [2.05, 4.69) is 10.4 Å². The number of hydrogen-bond acceptors (Lipinski definition) is 2. The Morgan fingerprint density at radius 2 is 2.00 bits per heavy atom. The number of nitrogens with zero attached hydrogens (tertiary/aromatic N) is 2. The van der Waals surface area contributed by atoms with Gasteiger partial charge in [0, 0.05) is 12.1 Å². The van der Waals surface area contributed by atoms with Crippen molar-refractivity contribution in [1.82, 2.24) is 9.78 Å². The molecule has 0 aliphatic heterocycles. The molecule has 0 aliphatic rings. The molecule has 17 heavy (non-hydrogen) atoms. The lowest BCUT2D eigenvalue weighted by Crippen LogP contribution is -2.14. The van der Waals surface area contributed by atoms with E-state index in [0.29, 0.717) is 5.69 Å². The molecule has 0 aliphatic carbocycles. The fourth-order valence-electron chi connectivity index (χ4n) is 1.71. The van der Waals surface area contributed by atoms with Gasteiger partial charge in [-0.15, -0.1) is 0 Å². The van der Waals surface area contributed by atoms with Crippen LogP contribution in [0.15, 0.2) is 30.3 Å². The average Bonchev–Trinajstić information content (AvgIpc) is 2.59. The molecule has 0 radical (unpaired) electrons. The summed E-state index contributed by atoms with van der Waals surface area (Å²) in [7, 11) is 0. The minimum Gasteiger partial charge on any atom is -0.368 e. The first-order chi connectivity index (χ1) is 8.08. The molecule has 0 amide bonds. The van der Waals surface area contributed by atoms with E-state index in [1.54, 1.807) is 22.9 Å². The lowest BCUT2D eigenvalue weighted by molar-refractivity contribution is 0.610. The first-order valence-corrected chi connectivity index (χ1v) is 5.66. The quantitative estimate of drug-likeness (QED) is 0.882. The SMILES string of the molecule is Cc1cc(NC(C)C)n(-c2ccccc2F)n1. The third kappa shape index (κ3) is 2.46. The first-order valence-electron chi connectivity index (χ1n) is 5.66. The van der Waals surface area contributed by atoms with Crippen LogP contribution in [-0.2, 0) is 0 Å². The molecule has 90 valence electrons. The standard InChI is InChI=1S/C13H16FN3/c1-9(2)15-13-8-10(3)16-17(13)12-7-5-4-6-11(12)14/h4-9,15H,1-3H3. The summed E-state index contributed by atoms with van der Waals surface area (Å²) in [5, 5.41) is 7.56. The monoisotopic (exact) mass is 233 g/mol. The zero-order valence-corrected chi connectivity index (χ0v) is 10.2. The van der Waals surface area contributed by atoms with Crippen molar-refractivity contribution in [2.45, 2.75) is 26.8 Å². The normalized spacial score (nSPS) is 10.9. The van der Waals surface area contributed by atoms with Crippen LogP contribution >= 0.6 is 0 Å². The molecule has 1 aromatic heterocycles. The van der Waals surface area contributed by atoms with Crippen LogP contribution in [-0.4, -0.2) is 15.8 Å². The summed E-state index contributed by atoms with van der Waals surface area (Å²) in [5.74, 6) is 0.532. The van der Waals surface area contributed by atoms with Crippen molar-refractivity contribution >= 4 is 5.82 Å². The maximum atomic E-state index is 13.7. The van der Waals surface area contributed by atoms with Crippen LogP contribution in [0.4, 0.5) is 10.2 Å². The highest BCUT2D eigenvalue weighted by Gasteiger charge is 2.11. The molecule has 0 atom stereocenters. The molecule has 2 aromatic rings. The van der Waals surface area contributed by atoms with Crippen molar-refractivity contribution in [2.75, 3.05) is 5.32 Å². The van der Waals surface area contributed by atoms with Crippen LogP contribution < -0.4 is 5.32 Å². The molecule has 0 fully saturated rings. The second-order valence-electron chi connectivity index (χ2n) is 4.33. The minimum absolute atomic E-state index is 0.275. The number of halogens is 1. The van der Waals surface area contributed by atoms with Gasteiger partial charge in [-0.2, -0.15) is 5.10 Å². The molecule has 1 heterocycles. The molecule has 1 aromatic carbocycles. The highest BCUT2D eigenvalue weighted by atomic mass is 19.1. The summed E-state index contributed by atoms with van der Waals surface area (Å²) in [4.78, 5) is 0. The number of hydrogen-bond donors (Lipinski definition) is 1. The van der Waals surface area contributed by atoms with Crippen LogP contribution in [0.5, 0.6) is 0 Å². The van der Waals surface area contributed by atoms with Crippen molar-refractivity contribution in [3.05, 3.63) is 41.8 Å². The van der Waals surface area contributed by atoms with Gasteiger partial charge in [0.25, 0.3) is 0 Å². The third-order valence-corrected chi connectivity index (χ3v) is 2.35. The molecule has 0 unspecified atom stereocenters. The topological polar surface area (TPSA) is 29.9 Å². The molecule has 1 N–H and O–H groups in total. The van der Waals surface area contributed by atoms with E-state index in [1.165, 1.54) is 6.07 Å². The molecular weight excluding hydrogens is 217 g/mol. The van der Waals surface area contributed by atoms with Gasteiger partial charge in [0.05, 0.1) is 5.69 Å². The summed E-state index contributed by atoms with van der Waals surface area (Å²) in [6.45, 7) is 5.96. The molecule has 0 saturated carbocycles. The van der Waals surface area contributed by atoms with Gasteiger partial charge in [-0.1, -0.05) is 12.1 Å². The van der Waals surface area contributed by atoms with Gasteiger partial charge in [0.15, 0.2) is 0 Å². The van der Waals surface area contributed by atoms with E-state index in [-0.39, 0.29) is 11.9 Å². The van der Waals surface area contributed by atoms with Gasteiger partial charge in [0.1, 0.15) is 17.3 Å². The van der Waals surface area contributed by atoms with Gasteiger partial charge >= 0.3 is 0 Å². The number of para-hydroxylation sites is 1. The smallest absolute Gasteiger partial charge is 0.148 e. The van der Waals surface area contributed by atoms with Gasteiger partial charge in [-0.25, -0.2) is 9.07 Å². The summed E-state index contributed by atoms with van der Waals surface area (Å²) in [6.07, 6.45) is 0. The van der Waals surface area contributed by atoms with Gasteiger partial charge < -0.3 is 5.32 Å². The van der Waals surface area contributed by atoms with Crippen molar-refractivity contribution in [3.63, 3.8) is 0 Å². The Kier molecular flexibility index (Phi) is 3.13. The van der Waals surface area contributed by atoms with Crippen LogP contribution in [0.2, 0.25) is 0 Å². The lowest BCUT2D eigenvalue weighted by atomic mass is 10.3. The Hall–Kier alpha value is -1.84. The number of aryl methyl sites for hydroxylation is 1. The minimum atomic E-state index is -0.276. The van der Waals surface area contributed by atoms with Crippen LogP contribution in [0.1, 0.15) is 19.5 Å². The molecule has 2 rings (SSSR count). The van der Waals surface area contributed by atoms with Crippen LogP contribution in [0, 0.1) is 12.7 Å². The van der Waals surface area contributed by atoms with Crippen LogP contribution in [0.25, 0.3) is 5.69 Å². The highest BCUT2D eigenvalue weighted by molar-refractivity contribution is 5.47. The lowest BCUT2D eigenvalue weighted by Gasteiger charge is -2.12. The third-order valence-electron chi connectivity index (χ3n) is 2.35. The largest absolute Gasteiger partial charge is 0.368 e. The zero-order chi connectivity index (χ0) is 12.4. The fourth-order valence-corrected chi connectivity index (χ4v) is 1.71. The zero-order valence-electron chi connectivity index (χ0n) is 10.2. The Morgan fingerprint density at radius 1 is 1.29 bits per heavy atom. The van der Waals surface area contributed by atoms with E-state index in [1.807, 2.05) is 26.8 Å². The molecule has 0 spiro atoms. The summed E-state index contributed by atoms with van der Waals surface area (Å²) in [6, 6.07) is 8.81. The first kappa shape index (κ1) is 11.6. The molecular formula is C13H16FN3. The Bertz CT molecular complexity index is 517. The number of rotatable bonds is 3. The molecule has 0 saturated heterocycles. The number of aromatic nitrogens is 2. The van der Waals surface area contributed by atoms with Crippen molar-refractivity contribution in [3.8, 4) is 5.69 Å². The van der Waals surface area contributed by atoms with E-state index in [9.17, 15) is 4.39 Å². The van der Waals surface area contributed by atoms with Crippen molar-refractivity contribution in [2.24, 2.45) is 0 Å². The average molecular weight is 233 g/mol. The summed E-state index contributed by atoms with van der Waals surface area (Å²) < 4.78 is 15.3. The van der Waals surface area contributed by atoms with Crippen LogP contribution in [0.3, 0.4) is 0 Å². The second kappa shape index (κ2) is 4.57. The predicted octanol–water partition coefficient (Wildman–Crippen LogP) is 3.14. The van der Waals surface area contributed by atoms with E-state index in [0.717, 1.165) is 11.5 Å². The summed E-state index contributed by atoms with van der Waals surface area (Å²) in [5.41, 5.74) is 1.32. The second-order valence-corrected chi connectivity index (χ2v) is 4.33. The molecule has 3 nitrogen and oxygen atoms in total. The molecule has 4 heteroatoms. The Balaban J connectivity index is 2.48. The number of benzene rings is 1. The maximum Gasteiger partial charge on any atom is 0.148 e. The van der Waals surface area contributed by atoms with E-state index in [4.69, 9.17) is 0 Å². The number of anilines is 1. The van der Waals surface area contributed by atoms with E-state index >= 15 is 0 Å². The highest BCUT2D eigenvalue weighted by Crippen LogP contribution is 2.19. The fraction of sp³-hybridized carbons (Fsp3) is 0.308. The van der Waals surface area contributed by atoms with Crippen molar-refractivity contribution in [1.29, 1.82) is 0 Å². The summed E-state index contributed by atoms with van der Waals surface area (Å²) >= 11 is 0. The number of nitrogens with one attached hydrogen (secondary N) is 1.